The van der Waals surface area contributed by atoms with E-state index >= 15 is 0 Å². The van der Waals surface area contributed by atoms with E-state index < -0.39 is 0 Å². The Bertz CT molecular complexity index is 643. The Morgan fingerprint density at radius 3 is 2.85 bits per heavy atom. The van der Waals surface area contributed by atoms with Crippen molar-refractivity contribution in [3.8, 4) is 11.4 Å². The first kappa shape index (κ1) is 13.0. The van der Waals surface area contributed by atoms with E-state index in [1.165, 1.54) is 12.0 Å². The second kappa shape index (κ2) is 4.54. The van der Waals surface area contributed by atoms with E-state index in [0.29, 0.717) is 0 Å². The summed E-state index contributed by atoms with van der Waals surface area (Å²) < 4.78 is 7.12. The predicted molar refractivity (Wildman–Crippen MR) is 80.5 cm³/mol. The van der Waals surface area contributed by atoms with Crippen molar-refractivity contribution in [1.82, 2.24) is 9.78 Å². The normalized spacial score (nSPS) is 16.8. The number of benzene rings is 1. The Hall–Kier alpha value is -1.97. The fraction of sp³-hybridized carbons (Fsp3) is 0.438. The fourth-order valence-electron chi connectivity index (χ4n) is 3.15. The quantitative estimate of drug-likeness (QED) is 0.913. The van der Waals surface area contributed by atoms with Crippen LogP contribution in [0.4, 0.5) is 5.82 Å². The van der Waals surface area contributed by atoms with Crippen molar-refractivity contribution in [2.75, 3.05) is 12.8 Å². The van der Waals surface area contributed by atoms with Crippen LogP contribution >= 0.6 is 0 Å². The highest BCUT2D eigenvalue weighted by atomic mass is 16.5. The minimum Gasteiger partial charge on any atom is -0.497 e. The molecular weight excluding hydrogens is 250 g/mol. The summed E-state index contributed by atoms with van der Waals surface area (Å²) in [4.78, 5) is 0. The van der Waals surface area contributed by atoms with E-state index in [9.17, 15) is 0 Å². The van der Waals surface area contributed by atoms with Gasteiger partial charge in [-0.3, -0.25) is 0 Å². The summed E-state index contributed by atoms with van der Waals surface area (Å²) in [6.45, 7) is 4.50. The van der Waals surface area contributed by atoms with Gasteiger partial charge in [-0.1, -0.05) is 19.9 Å². The first-order chi connectivity index (χ1) is 9.53. The second-order valence-electron chi connectivity index (χ2n) is 6.06. The van der Waals surface area contributed by atoms with E-state index in [-0.39, 0.29) is 5.41 Å². The van der Waals surface area contributed by atoms with Crippen LogP contribution in [0.3, 0.4) is 0 Å². The van der Waals surface area contributed by atoms with Crippen molar-refractivity contribution in [2.45, 2.75) is 38.5 Å². The second-order valence-corrected chi connectivity index (χ2v) is 6.06. The highest BCUT2D eigenvalue weighted by Gasteiger charge is 2.33. The first-order valence-corrected chi connectivity index (χ1v) is 7.05. The highest BCUT2D eigenvalue weighted by molar-refractivity contribution is 5.55. The highest BCUT2D eigenvalue weighted by Crippen LogP contribution is 2.40. The van der Waals surface area contributed by atoms with Gasteiger partial charge in [0.1, 0.15) is 11.6 Å². The topological polar surface area (TPSA) is 53.1 Å². The van der Waals surface area contributed by atoms with Crippen molar-refractivity contribution in [3.63, 3.8) is 0 Å². The van der Waals surface area contributed by atoms with E-state index in [0.717, 1.165) is 35.8 Å². The third-order valence-electron chi connectivity index (χ3n) is 4.18. The smallest absolute Gasteiger partial charge is 0.131 e. The lowest BCUT2D eigenvalue weighted by atomic mass is 9.75. The van der Waals surface area contributed by atoms with Gasteiger partial charge in [-0.25, -0.2) is 4.68 Å². The number of hydrogen-bond acceptors (Lipinski definition) is 3. The molecule has 1 aromatic heterocycles. The zero-order chi connectivity index (χ0) is 14.3. The van der Waals surface area contributed by atoms with E-state index in [1.54, 1.807) is 7.11 Å². The summed E-state index contributed by atoms with van der Waals surface area (Å²) in [5, 5.41) is 4.73. The predicted octanol–water partition coefficient (Wildman–Crippen LogP) is 3.08. The van der Waals surface area contributed by atoms with Gasteiger partial charge < -0.3 is 10.5 Å². The van der Waals surface area contributed by atoms with Crippen LogP contribution in [-0.4, -0.2) is 16.9 Å². The average Bonchev–Trinajstić information content (AvgIpc) is 2.77. The molecule has 0 aliphatic heterocycles. The zero-order valence-corrected chi connectivity index (χ0v) is 12.3. The summed E-state index contributed by atoms with van der Waals surface area (Å²) in [6, 6.07) is 7.85. The number of nitrogens with zero attached hydrogens (tertiary/aromatic N) is 2. The largest absolute Gasteiger partial charge is 0.497 e. The standard InChI is InChI=1S/C16H21N3O/c1-16(2)9-5-8-13-14(16)15(17)19(18-13)11-6-4-7-12(10-11)20-3/h4,6-7,10H,5,8-9,17H2,1-3H3. The Morgan fingerprint density at radius 1 is 1.35 bits per heavy atom. The van der Waals surface area contributed by atoms with Gasteiger partial charge in [-0.05, 0) is 36.8 Å². The van der Waals surface area contributed by atoms with Gasteiger partial charge in [0.25, 0.3) is 0 Å². The molecule has 0 spiro atoms. The van der Waals surface area contributed by atoms with Gasteiger partial charge in [0.05, 0.1) is 18.5 Å². The van der Waals surface area contributed by atoms with Crippen molar-refractivity contribution in [3.05, 3.63) is 35.5 Å². The molecule has 3 rings (SSSR count). The zero-order valence-electron chi connectivity index (χ0n) is 12.3. The summed E-state index contributed by atoms with van der Waals surface area (Å²) in [6.07, 6.45) is 3.35. The summed E-state index contributed by atoms with van der Waals surface area (Å²) in [7, 11) is 1.67. The molecule has 0 atom stereocenters. The molecule has 20 heavy (non-hydrogen) atoms. The van der Waals surface area contributed by atoms with E-state index in [4.69, 9.17) is 15.6 Å². The number of aryl methyl sites for hydroxylation is 1. The average molecular weight is 271 g/mol. The Labute approximate surface area is 119 Å². The maximum Gasteiger partial charge on any atom is 0.131 e. The summed E-state index contributed by atoms with van der Waals surface area (Å²) in [5.41, 5.74) is 9.79. The first-order valence-electron chi connectivity index (χ1n) is 7.05. The lowest BCUT2D eigenvalue weighted by Gasteiger charge is -2.29. The Morgan fingerprint density at radius 2 is 2.15 bits per heavy atom. The molecule has 4 heteroatoms. The number of rotatable bonds is 2. The lowest BCUT2D eigenvalue weighted by molar-refractivity contribution is 0.414. The van der Waals surface area contributed by atoms with Crippen molar-refractivity contribution in [2.24, 2.45) is 0 Å². The number of nitrogen functional groups attached to an aromatic ring is 1. The lowest BCUT2D eigenvalue weighted by Crippen LogP contribution is -2.24. The van der Waals surface area contributed by atoms with Gasteiger partial charge >= 0.3 is 0 Å². The van der Waals surface area contributed by atoms with Crippen LogP contribution in [0.5, 0.6) is 5.75 Å². The molecule has 0 saturated carbocycles. The monoisotopic (exact) mass is 271 g/mol. The van der Waals surface area contributed by atoms with Crippen LogP contribution < -0.4 is 10.5 Å². The molecule has 1 heterocycles. The third-order valence-corrected chi connectivity index (χ3v) is 4.18. The van der Waals surface area contributed by atoms with Gasteiger partial charge in [-0.2, -0.15) is 5.10 Å². The number of hydrogen-bond donors (Lipinski definition) is 1. The van der Waals surface area contributed by atoms with Crippen molar-refractivity contribution >= 4 is 5.82 Å². The van der Waals surface area contributed by atoms with Crippen LogP contribution in [0, 0.1) is 0 Å². The molecule has 0 amide bonds. The molecule has 0 bridgehead atoms. The molecule has 0 saturated heterocycles. The van der Waals surface area contributed by atoms with Crippen LogP contribution in [0.25, 0.3) is 5.69 Å². The molecular formula is C16H21N3O. The molecule has 4 nitrogen and oxygen atoms in total. The van der Waals surface area contributed by atoms with E-state index in [2.05, 4.69) is 13.8 Å². The number of ether oxygens (including phenoxy) is 1. The van der Waals surface area contributed by atoms with Crippen LogP contribution in [0.1, 0.15) is 37.9 Å². The molecule has 1 aliphatic carbocycles. The van der Waals surface area contributed by atoms with Gasteiger partial charge in [-0.15, -0.1) is 0 Å². The van der Waals surface area contributed by atoms with Crippen LogP contribution in [0.2, 0.25) is 0 Å². The molecule has 1 aromatic carbocycles. The Kier molecular flexibility index (Phi) is 2.96. The minimum absolute atomic E-state index is 0.106. The minimum atomic E-state index is 0.106. The maximum absolute atomic E-state index is 6.38. The van der Waals surface area contributed by atoms with Crippen LogP contribution in [0.15, 0.2) is 24.3 Å². The third kappa shape index (κ3) is 1.96. The molecule has 0 unspecified atom stereocenters. The molecule has 0 fully saturated rings. The number of methoxy groups -OCH3 is 1. The summed E-state index contributed by atoms with van der Waals surface area (Å²) >= 11 is 0. The molecule has 1 aliphatic rings. The van der Waals surface area contributed by atoms with Crippen LogP contribution in [-0.2, 0) is 11.8 Å². The molecule has 0 radical (unpaired) electrons. The Balaban J connectivity index is 2.14. The maximum atomic E-state index is 6.38. The molecule has 2 aromatic rings. The van der Waals surface area contributed by atoms with Gasteiger partial charge in [0, 0.05) is 11.6 Å². The number of fused-ring (bicyclic) bond motifs is 1. The van der Waals surface area contributed by atoms with Crippen molar-refractivity contribution in [1.29, 1.82) is 0 Å². The molecule has 2 N–H and O–H groups in total. The van der Waals surface area contributed by atoms with E-state index in [1.807, 2.05) is 28.9 Å². The van der Waals surface area contributed by atoms with Gasteiger partial charge in [0.15, 0.2) is 0 Å². The van der Waals surface area contributed by atoms with Gasteiger partial charge in [0.2, 0.25) is 0 Å². The SMILES string of the molecule is COc1cccc(-n2nc3c(c2N)C(C)(C)CCC3)c1. The number of anilines is 1. The number of aromatic nitrogens is 2. The fourth-order valence-corrected chi connectivity index (χ4v) is 3.15. The van der Waals surface area contributed by atoms with Crippen molar-refractivity contribution < 1.29 is 4.74 Å². The molecule has 106 valence electrons. The number of nitrogens with two attached hydrogens (primary N) is 1. The summed E-state index contributed by atoms with van der Waals surface area (Å²) in [5.74, 6) is 1.58.